The molecule has 0 unspecified atom stereocenters. The Morgan fingerprint density at radius 3 is 2.00 bits per heavy atom. The van der Waals surface area contributed by atoms with Crippen molar-refractivity contribution in [2.24, 2.45) is 5.73 Å². The molecule has 0 aliphatic heterocycles. The molecule has 0 spiro atoms. The van der Waals surface area contributed by atoms with Crippen LogP contribution in [0.25, 0.3) is 0 Å². The zero-order valence-electron chi connectivity index (χ0n) is 4.56. The van der Waals surface area contributed by atoms with Crippen LogP contribution in [0.4, 0.5) is 0 Å². The summed E-state index contributed by atoms with van der Waals surface area (Å²) in [5.74, 6) is -0.375. The molecule has 0 radical (unpaired) electrons. The van der Waals surface area contributed by atoms with Gasteiger partial charge in [0.1, 0.15) is 0 Å². The van der Waals surface area contributed by atoms with E-state index < -0.39 is 0 Å². The first-order valence-electron chi connectivity index (χ1n) is 2.07. The summed E-state index contributed by atoms with van der Waals surface area (Å²) in [6.07, 6.45) is 1.39. The van der Waals surface area contributed by atoms with Crippen molar-refractivity contribution in [2.45, 2.75) is 13.8 Å². The highest BCUT2D eigenvalue weighted by Gasteiger charge is 1.80. The summed E-state index contributed by atoms with van der Waals surface area (Å²) in [6.45, 7) is 3.65. The van der Waals surface area contributed by atoms with E-state index in [1.807, 2.05) is 13.8 Å². The number of rotatable bonds is 1. The van der Waals surface area contributed by atoms with Gasteiger partial charge in [0.25, 0.3) is 0 Å². The summed E-state index contributed by atoms with van der Waals surface area (Å²) in [4.78, 5) is 9.96. The first-order valence-corrected chi connectivity index (χ1v) is 2.07. The quantitative estimate of drug-likeness (QED) is 0.476. The molecule has 0 bridgehead atoms. The van der Waals surface area contributed by atoms with E-state index in [-0.39, 0.29) is 5.91 Å². The lowest BCUT2D eigenvalue weighted by molar-refractivity contribution is -0.113. The first kappa shape index (κ1) is 6.21. The van der Waals surface area contributed by atoms with Crippen LogP contribution in [0.15, 0.2) is 11.6 Å². The third-order valence-corrected chi connectivity index (χ3v) is 0.431. The van der Waals surface area contributed by atoms with Crippen LogP contribution in [0, 0.1) is 0 Å². The van der Waals surface area contributed by atoms with Crippen molar-refractivity contribution in [3.05, 3.63) is 11.6 Å². The minimum Gasteiger partial charge on any atom is -0.366 e. The molecule has 0 aliphatic carbocycles. The Hall–Kier alpha value is -0.790. The molecular weight excluding hydrogens is 90.1 g/mol. The van der Waals surface area contributed by atoms with Gasteiger partial charge in [-0.1, -0.05) is 5.57 Å². The smallest absolute Gasteiger partial charge is 0.241 e. The number of primary amides is 1. The molecule has 40 valence electrons. The van der Waals surface area contributed by atoms with Crippen LogP contribution in [0.5, 0.6) is 0 Å². The maximum atomic E-state index is 9.96. The molecule has 0 heterocycles. The summed E-state index contributed by atoms with van der Waals surface area (Å²) in [6, 6.07) is 0. The number of hydrogen-bond acceptors (Lipinski definition) is 1. The fourth-order valence-electron chi connectivity index (χ4n) is 0.285. The van der Waals surface area contributed by atoms with Gasteiger partial charge in [0.05, 0.1) is 0 Å². The zero-order chi connectivity index (χ0) is 5.86. The van der Waals surface area contributed by atoms with Gasteiger partial charge in [-0.15, -0.1) is 0 Å². The number of carbonyl (C=O) groups is 1. The lowest BCUT2D eigenvalue weighted by atomic mass is 10.3. The molecule has 0 saturated heterocycles. The Labute approximate surface area is 43.0 Å². The van der Waals surface area contributed by atoms with Crippen molar-refractivity contribution >= 4 is 5.91 Å². The highest BCUT2D eigenvalue weighted by atomic mass is 16.1. The average Bonchev–Trinajstić information content (AvgIpc) is 1.27. The number of amides is 1. The number of allylic oxidation sites excluding steroid dienone is 1. The fourth-order valence-corrected chi connectivity index (χ4v) is 0.285. The van der Waals surface area contributed by atoms with Crippen LogP contribution in [0.2, 0.25) is 0 Å². The summed E-state index contributed by atoms with van der Waals surface area (Å²) in [5, 5.41) is 0. The van der Waals surface area contributed by atoms with Gasteiger partial charge in [-0.05, 0) is 13.8 Å². The van der Waals surface area contributed by atoms with Crippen LogP contribution in [0.1, 0.15) is 13.8 Å². The van der Waals surface area contributed by atoms with E-state index in [4.69, 9.17) is 5.73 Å². The molecule has 0 aromatic rings. The molecule has 1 amide bonds. The molecule has 2 heteroatoms. The van der Waals surface area contributed by atoms with E-state index >= 15 is 0 Å². The van der Waals surface area contributed by atoms with E-state index in [1.165, 1.54) is 6.08 Å². The number of carbonyl (C=O) groups excluding carboxylic acids is 1. The van der Waals surface area contributed by atoms with Gasteiger partial charge in [-0.25, -0.2) is 0 Å². The molecule has 0 aromatic carbocycles. The minimum absolute atomic E-state index is 0.375. The Bertz CT molecular complexity index is 101. The highest BCUT2D eigenvalue weighted by Crippen LogP contribution is 1.84. The van der Waals surface area contributed by atoms with Crippen LogP contribution in [-0.2, 0) is 4.79 Å². The van der Waals surface area contributed by atoms with Crippen molar-refractivity contribution in [3.63, 3.8) is 0 Å². The van der Waals surface area contributed by atoms with Gasteiger partial charge < -0.3 is 5.73 Å². The SMILES string of the molecule is CC(C)=CC(N)=O. The molecular formula is C5H9NO. The van der Waals surface area contributed by atoms with Crippen LogP contribution >= 0.6 is 0 Å². The second kappa shape index (κ2) is 2.39. The maximum Gasteiger partial charge on any atom is 0.241 e. The third kappa shape index (κ3) is 5.21. The molecule has 7 heavy (non-hydrogen) atoms. The normalized spacial score (nSPS) is 7.71. The lowest BCUT2D eigenvalue weighted by Gasteiger charge is -1.80. The van der Waals surface area contributed by atoms with Crippen molar-refractivity contribution in [1.82, 2.24) is 0 Å². The van der Waals surface area contributed by atoms with Gasteiger partial charge in [-0.2, -0.15) is 0 Å². The van der Waals surface area contributed by atoms with Gasteiger partial charge in [0.2, 0.25) is 5.91 Å². The van der Waals surface area contributed by atoms with Gasteiger partial charge in [-0.3, -0.25) is 4.79 Å². The van der Waals surface area contributed by atoms with Crippen LogP contribution < -0.4 is 5.73 Å². The largest absolute Gasteiger partial charge is 0.366 e. The highest BCUT2D eigenvalue weighted by molar-refractivity contribution is 5.86. The van der Waals surface area contributed by atoms with E-state index in [0.29, 0.717) is 0 Å². The van der Waals surface area contributed by atoms with E-state index in [9.17, 15) is 4.79 Å². The monoisotopic (exact) mass is 99.1 g/mol. The molecule has 0 aromatic heterocycles. The van der Waals surface area contributed by atoms with Crippen molar-refractivity contribution in [3.8, 4) is 0 Å². The topological polar surface area (TPSA) is 43.1 Å². The summed E-state index contributed by atoms with van der Waals surface area (Å²) in [5.41, 5.74) is 5.72. The molecule has 2 nitrogen and oxygen atoms in total. The summed E-state index contributed by atoms with van der Waals surface area (Å²) in [7, 11) is 0. The first-order chi connectivity index (χ1) is 3.13. The fraction of sp³-hybridized carbons (Fsp3) is 0.400. The van der Waals surface area contributed by atoms with E-state index in [0.717, 1.165) is 5.57 Å². The van der Waals surface area contributed by atoms with Crippen LogP contribution in [0.3, 0.4) is 0 Å². The Kier molecular flexibility index (Phi) is 2.12. The van der Waals surface area contributed by atoms with Gasteiger partial charge in [0, 0.05) is 6.08 Å². The standard InChI is InChI=1S/C5H9NO/c1-4(2)3-5(6)7/h3H,1-2H3,(H2,6,7). The van der Waals surface area contributed by atoms with Gasteiger partial charge in [0.15, 0.2) is 0 Å². The molecule has 0 aliphatic rings. The third-order valence-electron chi connectivity index (χ3n) is 0.431. The minimum atomic E-state index is -0.375. The number of hydrogen-bond donors (Lipinski definition) is 1. The molecule has 0 atom stereocenters. The molecule has 0 rings (SSSR count). The second-order valence-corrected chi connectivity index (χ2v) is 1.62. The Balaban J connectivity index is 3.68. The maximum absolute atomic E-state index is 9.96. The number of nitrogens with two attached hydrogens (primary N) is 1. The molecule has 2 N–H and O–H groups in total. The lowest BCUT2D eigenvalue weighted by Crippen LogP contribution is -2.05. The Morgan fingerprint density at radius 2 is 2.00 bits per heavy atom. The molecule has 0 saturated carbocycles. The van der Waals surface area contributed by atoms with E-state index in [2.05, 4.69) is 0 Å². The molecule has 0 fully saturated rings. The van der Waals surface area contributed by atoms with Gasteiger partial charge >= 0.3 is 0 Å². The summed E-state index contributed by atoms with van der Waals surface area (Å²) >= 11 is 0. The second-order valence-electron chi connectivity index (χ2n) is 1.62. The van der Waals surface area contributed by atoms with Crippen LogP contribution in [-0.4, -0.2) is 5.91 Å². The predicted molar refractivity (Wildman–Crippen MR) is 28.6 cm³/mol. The van der Waals surface area contributed by atoms with E-state index in [1.54, 1.807) is 0 Å². The van der Waals surface area contributed by atoms with Crippen molar-refractivity contribution < 1.29 is 4.79 Å². The van der Waals surface area contributed by atoms with Crippen molar-refractivity contribution in [2.75, 3.05) is 0 Å². The predicted octanol–water partition coefficient (Wildman–Crippen LogP) is 0.438. The summed E-state index contributed by atoms with van der Waals surface area (Å²) < 4.78 is 0. The average molecular weight is 99.1 g/mol. The zero-order valence-corrected chi connectivity index (χ0v) is 4.56. The Morgan fingerprint density at radius 1 is 1.57 bits per heavy atom. The van der Waals surface area contributed by atoms with Crippen molar-refractivity contribution in [1.29, 1.82) is 0 Å².